The monoisotopic (exact) mass is 190 g/mol. The quantitative estimate of drug-likeness (QED) is 0.519. The second-order valence-electron chi connectivity index (χ2n) is 4.28. The fourth-order valence-electron chi connectivity index (χ4n) is 0.927. The molecule has 0 N–H and O–H groups in total. The molecule has 1 rings (SSSR count). The Morgan fingerprint density at radius 1 is 1.29 bits per heavy atom. The lowest BCUT2D eigenvalue weighted by molar-refractivity contribution is 0.00199. The molecule has 75 valence electrons. The first-order chi connectivity index (χ1) is 6.47. The van der Waals surface area contributed by atoms with E-state index in [0.717, 1.165) is 5.56 Å². The molecule has 0 aliphatic heterocycles. The third-order valence-electron chi connectivity index (χ3n) is 1.51. The molecule has 0 amide bonds. The summed E-state index contributed by atoms with van der Waals surface area (Å²) in [5.41, 5.74) is 1.88. The Morgan fingerprint density at radius 2 is 2.00 bits per heavy atom. The van der Waals surface area contributed by atoms with Crippen LogP contribution < -0.4 is 0 Å². The topological polar surface area (TPSA) is 21.6 Å². The first-order valence-corrected chi connectivity index (χ1v) is 4.68. The van der Waals surface area contributed by atoms with Gasteiger partial charge in [0.1, 0.15) is 11.8 Å². The zero-order valence-electron chi connectivity index (χ0n) is 9.16. The highest BCUT2D eigenvalue weighted by Crippen LogP contribution is 2.07. The second-order valence-corrected chi connectivity index (χ2v) is 4.28. The van der Waals surface area contributed by atoms with E-state index in [4.69, 9.17) is 4.84 Å². The Balaban J connectivity index is 2.61. The van der Waals surface area contributed by atoms with Crippen LogP contribution in [0.2, 0.25) is 0 Å². The van der Waals surface area contributed by atoms with E-state index < -0.39 is 0 Å². The van der Waals surface area contributed by atoms with Crippen molar-refractivity contribution in [2.45, 2.75) is 33.3 Å². The van der Waals surface area contributed by atoms with Gasteiger partial charge in [0.2, 0.25) is 0 Å². The molecule has 0 unspecified atom stereocenters. The van der Waals surface area contributed by atoms with Crippen LogP contribution in [0.1, 0.15) is 31.9 Å². The number of hydrogen-bond acceptors (Lipinski definition) is 2. The highest BCUT2D eigenvalue weighted by atomic mass is 16.6. The fourth-order valence-corrected chi connectivity index (χ4v) is 0.927. The summed E-state index contributed by atoms with van der Waals surface area (Å²) in [6.07, 6.45) is 2.84. The van der Waals surface area contributed by atoms with Crippen LogP contribution in [0.25, 0.3) is 0 Å². The molecule has 0 aromatic heterocycles. The predicted octanol–water partition coefficient (Wildman–Crippen LogP) is 3.02. The van der Waals surface area contributed by atoms with Crippen molar-refractivity contribution in [3.05, 3.63) is 35.4 Å². The van der Waals surface area contributed by atoms with Crippen molar-refractivity contribution in [1.29, 1.82) is 0 Å². The number of nitrogens with zero attached hydrogens (tertiary/aromatic N) is 1. The zero-order chi connectivity index (χ0) is 10.6. The molecule has 1 radical (unpaired) electrons. The van der Waals surface area contributed by atoms with Gasteiger partial charge in [0.25, 0.3) is 0 Å². The van der Waals surface area contributed by atoms with Gasteiger partial charge in [0, 0.05) is 5.56 Å². The van der Waals surface area contributed by atoms with Crippen LogP contribution in [0.4, 0.5) is 0 Å². The standard InChI is InChI=1S/C12H16NO/c1-10-6-5-7-11(8-10)9-13-14-12(2,3)4/h5-8H,1-4H3. The molecule has 0 saturated carbocycles. The van der Waals surface area contributed by atoms with Crippen molar-refractivity contribution in [3.8, 4) is 0 Å². The zero-order valence-corrected chi connectivity index (χ0v) is 9.16. The second kappa shape index (κ2) is 4.27. The first-order valence-electron chi connectivity index (χ1n) is 4.68. The number of rotatable bonds is 2. The van der Waals surface area contributed by atoms with E-state index >= 15 is 0 Å². The summed E-state index contributed by atoms with van der Waals surface area (Å²) in [6, 6.07) is 7.97. The summed E-state index contributed by atoms with van der Waals surface area (Å²) in [4.78, 5) is 5.19. The Labute approximate surface area is 85.6 Å². The summed E-state index contributed by atoms with van der Waals surface area (Å²) in [6.45, 7) is 7.90. The molecule has 0 atom stereocenters. The van der Waals surface area contributed by atoms with Crippen molar-refractivity contribution >= 4 is 6.21 Å². The maximum absolute atomic E-state index is 5.19. The van der Waals surface area contributed by atoms with Crippen LogP contribution in [0.5, 0.6) is 0 Å². The summed E-state index contributed by atoms with van der Waals surface area (Å²) in [5, 5.41) is 3.80. The molecule has 0 spiro atoms. The number of hydrogen-bond donors (Lipinski definition) is 0. The average molecular weight is 190 g/mol. The molecular formula is C12H16NO. The van der Waals surface area contributed by atoms with E-state index in [1.54, 1.807) is 0 Å². The van der Waals surface area contributed by atoms with E-state index in [1.807, 2.05) is 52.0 Å². The van der Waals surface area contributed by atoms with Crippen LogP contribution >= 0.6 is 0 Å². The lowest BCUT2D eigenvalue weighted by Gasteiger charge is -2.14. The lowest BCUT2D eigenvalue weighted by Crippen LogP contribution is -2.15. The van der Waals surface area contributed by atoms with Gasteiger partial charge in [-0.25, -0.2) is 0 Å². The Bertz CT molecular complexity index is 323. The van der Waals surface area contributed by atoms with Gasteiger partial charge in [0.05, 0.1) is 0 Å². The molecule has 0 aliphatic carbocycles. The molecule has 0 fully saturated rings. The van der Waals surface area contributed by atoms with Crippen LogP contribution in [-0.4, -0.2) is 11.8 Å². The van der Waals surface area contributed by atoms with E-state index in [0.29, 0.717) is 0 Å². The molecule has 0 aliphatic rings. The van der Waals surface area contributed by atoms with E-state index in [-0.39, 0.29) is 5.60 Å². The number of benzene rings is 1. The van der Waals surface area contributed by atoms with Crippen LogP contribution in [-0.2, 0) is 4.84 Å². The minimum absolute atomic E-state index is 0.253. The average Bonchev–Trinajstić information content (AvgIpc) is 2.01. The molecule has 0 heterocycles. The fraction of sp³-hybridized carbons (Fsp3) is 0.417. The van der Waals surface area contributed by atoms with E-state index in [1.165, 1.54) is 5.56 Å². The normalized spacial score (nSPS) is 12.0. The highest BCUT2D eigenvalue weighted by molar-refractivity contribution is 5.79. The van der Waals surface area contributed by atoms with Gasteiger partial charge < -0.3 is 4.84 Å². The molecule has 2 nitrogen and oxygen atoms in total. The first kappa shape index (κ1) is 10.8. The van der Waals surface area contributed by atoms with Gasteiger partial charge >= 0.3 is 0 Å². The van der Waals surface area contributed by atoms with Gasteiger partial charge in [-0.1, -0.05) is 28.9 Å². The van der Waals surface area contributed by atoms with Gasteiger partial charge in [-0.15, -0.1) is 0 Å². The van der Waals surface area contributed by atoms with Crippen molar-refractivity contribution in [1.82, 2.24) is 0 Å². The van der Waals surface area contributed by atoms with Gasteiger partial charge in [0.15, 0.2) is 0 Å². The van der Waals surface area contributed by atoms with Gasteiger partial charge in [-0.3, -0.25) is 0 Å². The molecular weight excluding hydrogens is 174 g/mol. The number of aryl methyl sites for hydroxylation is 1. The highest BCUT2D eigenvalue weighted by Gasteiger charge is 2.09. The van der Waals surface area contributed by atoms with Crippen LogP contribution in [0.15, 0.2) is 29.4 Å². The molecule has 0 bridgehead atoms. The van der Waals surface area contributed by atoms with Gasteiger partial charge in [-0.05, 0) is 33.8 Å². The Kier molecular flexibility index (Phi) is 3.28. The van der Waals surface area contributed by atoms with E-state index in [2.05, 4.69) is 11.4 Å². The third-order valence-corrected chi connectivity index (χ3v) is 1.51. The SMILES string of the molecule is Cc1cccc(/[C]=N/OC(C)(C)C)c1. The van der Waals surface area contributed by atoms with E-state index in [9.17, 15) is 0 Å². The summed E-state index contributed by atoms with van der Waals surface area (Å²) < 4.78 is 0. The van der Waals surface area contributed by atoms with Crippen LogP contribution in [0, 0.1) is 6.92 Å². The minimum Gasteiger partial charge on any atom is -0.390 e. The molecule has 0 saturated heterocycles. The maximum atomic E-state index is 5.19. The molecule has 1 aromatic carbocycles. The smallest absolute Gasteiger partial charge is 0.139 e. The Hall–Kier alpha value is -1.31. The lowest BCUT2D eigenvalue weighted by atomic mass is 10.2. The molecule has 1 aromatic rings. The minimum atomic E-state index is -0.253. The van der Waals surface area contributed by atoms with Crippen molar-refractivity contribution < 1.29 is 4.84 Å². The summed E-state index contributed by atoms with van der Waals surface area (Å²) in [7, 11) is 0. The van der Waals surface area contributed by atoms with Crippen LogP contribution in [0.3, 0.4) is 0 Å². The largest absolute Gasteiger partial charge is 0.390 e. The van der Waals surface area contributed by atoms with Gasteiger partial charge in [-0.2, -0.15) is 0 Å². The third kappa shape index (κ3) is 4.08. The molecule has 14 heavy (non-hydrogen) atoms. The maximum Gasteiger partial charge on any atom is 0.139 e. The Morgan fingerprint density at radius 3 is 2.57 bits per heavy atom. The van der Waals surface area contributed by atoms with Crippen molar-refractivity contribution in [3.63, 3.8) is 0 Å². The summed E-state index contributed by atoms with van der Waals surface area (Å²) >= 11 is 0. The van der Waals surface area contributed by atoms with Crippen molar-refractivity contribution in [2.75, 3.05) is 0 Å². The predicted molar refractivity (Wildman–Crippen MR) is 58.6 cm³/mol. The van der Waals surface area contributed by atoms with Crippen molar-refractivity contribution in [2.24, 2.45) is 5.16 Å². The summed E-state index contributed by atoms with van der Waals surface area (Å²) in [5.74, 6) is 0. The molecule has 2 heteroatoms.